The first-order chi connectivity index (χ1) is 6.20. The summed E-state index contributed by atoms with van der Waals surface area (Å²) in [6.45, 7) is 4.39. The maximum Gasteiger partial charge on any atom is 0.159 e. The molecule has 1 heterocycles. The lowest BCUT2D eigenvalue weighted by Crippen LogP contribution is -2.24. The Balaban J connectivity index is 2.34. The zero-order valence-corrected chi connectivity index (χ0v) is 8.06. The number of hydrogen-bond donors (Lipinski definition) is 1. The van der Waals surface area contributed by atoms with Crippen LogP contribution in [0.2, 0.25) is 0 Å². The molecule has 0 atom stereocenters. The molecule has 0 aromatic carbocycles. The zero-order chi connectivity index (χ0) is 9.47. The van der Waals surface area contributed by atoms with Crippen LogP contribution in [0.25, 0.3) is 0 Å². The average molecular weight is 181 g/mol. The topological polar surface area (TPSA) is 50.9 Å². The SMILES string of the molecule is CC(C)C1(n2cnnc2CO)CC1. The van der Waals surface area contributed by atoms with Crippen molar-refractivity contribution in [1.82, 2.24) is 14.8 Å². The Bertz CT molecular complexity index is 302. The Kier molecular flexibility index (Phi) is 1.87. The van der Waals surface area contributed by atoms with Gasteiger partial charge in [0, 0.05) is 5.54 Å². The predicted octanol–water partition coefficient (Wildman–Crippen LogP) is 0.915. The minimum atomic E-state index is -0.0194. The van der Waals surface area contributed by atoms with Gasteiger partial charge >= 0.3 is 0 Å². The predicted molar refractivity (Wildman–Crippen MR) is 48.0 cm³/mol. The lowest BCUT2D eigenvalue weighted by atomic mass is 10.0. The summed E-state index contributed by atoms with van der Waals surface area (Å²) in [4.78, 5) is 0. The van der Waals surface area contributed by atoms with E-state index in [1.165, 1.54) is 12.8 Å². The minimum Gasteiger partial charge on any atom is -0.388 e. The summed E-state index contributed by atoms with van der Waals surface area (Å²) in [6, 6.07) is 0. The zero-order valence-electron chi connectivity index (χ0n) is 8.06. The molecular formula is C9H15N3O. The summed E-state index contributed by atoms with van der Waals surface area (Å²) in [5, 5.41) is 16.8. The summed E-state index contributed by atoms with van der Waals surface area (Å²) in [5.41, 5.74) is 0.196. The monoisotopic (exact) mass is 181 g/mol. The Hall–Kier alpha value is -0.900. The smallest absolute Gasteiger partial charge is 0.159 e. The van der Waals surface area contributed by atoms with Gasteiger partial charge in [-0.15, -0.1) is 10.2 Å². The summed E-state index contributed by atoms with van der Waals surface area (Å²) in [5.74, 6) is 1.26. The highest BCUT2D eigenvalue weighted by Crippen LogP contribution is 2.49. The summed E-state index contributed by atoms with van der Waals surface area (Å²) in [6.07, 6.45) is 4.09. The molecule has 1 aromatic rings. The highest BCUT2D eigenvalue weighted by atomic mass is 16.3. The molecule has 0 spiro atoms. The largest absolute Gasteiger partial charge is 0.388 e. The van der Waals surface area contributed by atoms with Gasteiger partial charge in [0.2, 0.25) is 0 Å². The van der Waals surface area contributed by atoms with Crippen LogP contribution in [0, 0.1) is 5.92 Å². The number of nitrogens with zero attached hydrogens (tertiary/aromatic N) is 3. The molecule has 4 nitrogen and oxygen atoms in total. The third-order valence-corrected chi connectivity index (χ3v) is 3.08. The molecule has 2 rings (SSSR count). The number of aromatic nitrogens is 3. The van der Waals surface area contributed by atoms with Crippen molar-refractivity contribution in [2.45, 2.75) is 38.8 Å². The molecule has 0 saturated heterocycles. The van der Waals surface area contributed by atoms with Gasteiger partial charge in [-0.25, -0.2) is 0 Å². The Morgan fingerprint density at radius 3 is 2.77 bits per heavy atom. The summed E-state index contributed by atoms with van der Waals surface area (Å²) < 4.78 is 2.04. The highest BCUT2D eigenvalue weighted by Gasteiger charge is 2.48. The molecule has 1 N–H and O–H groups in total. The van der Waals surface area contributed by atoms with Gasteiger partial charge in [-0.05, 0) is 18.8 Å². The van der Waals surface area contributed by atoms with Crippen LogP contribution in [-0.2, 0) is 12.1 Å². The average Bonchev–Trinajstić information content (AvgIpc) is 2.78. The van der Waals surface area contributed by atoms with Crippen LogP contribution < -0.4 is 0 Å². The van der Waals surface area contributed by atoms with Gasteiger partial charge in [-0.2, -0.15) is 0 Å². The molecule has 1 saturated carbocycles. The molecule has 0 bridgehead atoms. The molecule has 0 radical (unpaired) electrons. The lowest BCUT2D eigenvalue weighted by molar-refractivity contribution is 0.246. The quantitative estimate of drug-likeness (QED) is 0.754. The van der Waals surface area contributed by atoms with Crippen LogP contribution in [0.4, 0.5) is 0 Å². The molecule has 72 valence electrons. The second-order valence-corrected chi connectivity index (χ2v) is 4.03. The fourth-order valence-electron chi connectivity index (χ4n) is 1.96. The minimum absolute atomic E-state index is 0.0194. The van der Waals surface area contributed by atoms with E-state index in [0.717, 1.165) is 0 Å². The van der Waals surface area contributed by atoms with Crippen molar-refractivity contribution in [3.8, 4) is 0 Å². The van der Waals surface area contributed by atoms with Crippen molar-refractivity contribution in [3.63, 3.8) is 0 Å². The van der Waals surface area contributed by atoms with Crippen LogP contribution in [0.5, 0.6) is 0 Å². The molecular weight excluding hydrogens is 166 g/mol. The van der Waals surface area contributed by atoms with Crippen LogP contribution in [0.3, 0.4) is 0 Å². The molecule has 1 aliphatic carbocycles. The Morgan fingerprint density at radius 1 is 1.62 bits per heavy atom. The van der Waals surface area contributed by atoms with Crippen molar-refractivity contribution >= 4 is 0 Å². The van der Waals surface area contributed by atoms with Gasteiger partial charge < -0.3 is 9.67 Å². The second kappa shape index (κ2) is 2.80. The standard InChI is InChI=1S/C9H15N3O/c1-7(2)9(3-4-9)12-6-10-11-8(12)5-13/h6-7,13H,3-5H2,1-2H3. The van der Waals surface area contributed by atoms with Gasteiger partial charge in [0.25, 0.3) is 0 Å². The first kappa shape index (κ1) is 8.69. The van der Waals surface area contributed by atoms with E-state index in [9.17, 15) is 0 Å². The van der Waals surface area contributed by atoms with Crippen LogP contribution >= 0.6 is 0 Å². The molecule has 1 fully saturated rings. The highest BCUT2D eigenvalue weighted by molar-refractivity contribution is 5.06. The Labute approximate surface area is 77.6 Å². The van der Waals surface area contributed by atoms with Crippen molar-refractivity contribution in [1.29, 1.82) is 0 Å². The molecule has 1 aromatic heterocycles. The molecule has 0 unspecified atom stereocenters. The Morgan fingerprint density at radius 2 is 2.31 bits per heavy atom. The number of rotatable bonds is 3. The van der Waals surface area contributed by atoms with Gasteiger partial charge in [0.15, 0.2) is 5.82 Å². The third-order valence-electron chi connectivity index (χ3n) is 3.08. The normalized spacial score (nSPS) is 19.4. The van der Waals surface area contributed by atoms with Gasteiger partial charge in [-0.3, -0.25) is 0 Å². The molecule has 0 amide bonds. The lowest BCUT2D eigenvalue weighted by Gasteiger charge is -2.22. The molecule has 13 heavy (non-hydrogen) atoms. The van der Waals surface area contributed by atoms with Crippen LogP contribution in [0.1, 0.15) is 32.5 Å². The van der Waals surface area contributed by atoms with Crippen LogP contribution in [0.15, 0.2) is 6.33 Å². The van der Waals surface area contributed by atoms with Crippen molar-refractivity contribution in [2.75, 3.05) is 0 Å². The fourth-order valence-corrected chi connectivity index (χ4v) is 1.96. The van der Waals surface area contributed by atoms with E-state index in [2.05, 4.69) is 24.0 Å². The number of aliphatic hydroxyl groups excluding tert-OH is 1. The van der Waals surface area contributed by atoms with Gasteiger partial charge in [-0.1, -0.05) is 13.8 Å². The molecule has 4 heteroatoms. The van der Waals surface area contributed by atoms with E-state index in [-0.39, 0.29) is 12.1 Å². The fraction of sp³-hybridized carbons (Fsp3) is 0.778. The van der Waals surface area contributed by atoms with E-state index in [1.54, 1.807) is 6.33 Å². The van der Waals surface area contributed by atoms with Gasteiger partial charge in [0.05, 0.1) is 0 Å². The van der Waals surface area contributed by atoms with Crippen molar-refractivity contribution in [3.05, 3.63) is 12.2 Å². The van der Waals surface area contributed by atoms with E-state index in [1.807, 2.05) is 4.57 Å². The second-order valence-electron chi connectivity index (χ2n) is 4.03. The summed E-state index contributed by atoms with van der Waals surface area (Å²) >= 11 is 0. The van der Waals surface area contributed by atoms with E-state index in [4.69, 9.17) is 5.11 Å². The number of hydrogen-bond acceptors (Lipinski definition) is 3. The first-order valence-electron chi connectivity index (χ1n) is 4.71. The maximum atomic E-state index is 9.06. The van der Waals surface area contributed by atoms with Crippen molar-refractivity contribution in [2.24, 2.45) is 5.92 Å². The third kappa shape index (κ3) is 1.16. The number of aliphatic hydroxyl groups is 1. The van der Waals surface area contributed by atoms with Gasteiger partial charge in [0.1, 0.15) is 12.9 Å². The molecule has 0 aliphatic heterocycles. The van der Waals surface area contributed by atoms with E-state index < -0.39 is 0 Å². The summed E-state index contributed by atoms with van der Waals surface area (Å²) in [7, 11) is 0. The van der Waals surface area contributed by atoms with Crippen LogP contribution in [-0.4, -0.2) is 19.9 Å². The maximum absolute atomic E-state index is 9.06. The van der Waals surface area contributed by atoms with E-state index in [0.29, 0.717) is 11.7 Å². The van der Waals surface area contributed by atoms with Crippen molar-refractivity contribution < 1.29 is 5.11 Å². The van der Waals surface area contributed by atoms with E-state index >= 15 is 0 Å². The molecule has 1 aliphatic rings. The first-order valence-corrected chi connectivity index (χ1v) is 4.71.